The topological polar surface area (TPSA) is 140 Å². The maximum atomic E-state index is 12.1. The highest BCUT2D eigenvalue weighted by molar-refractivity contribution is 7.89. The molecule has 0 radical (unpaired) electrons. The summed E-state index contributed by atoms with van der Waals surface area (Å²) in [6.07, 6.45) is 21.9. The Kier molecular flexibility index (Phi) is 34.3. The van der Waals surface area contributed by atoms with Gasteiger partial charge in [0.1, 0.15) is 0 Å². The van der Waals surface area contributed by atoms with E-state index in [9.17, 15) is 16.8 Å². The Hall–Kier alpha value is -0.340. The third-order valence-electron chi connectivity index (χ3n) is 8.11. The van der Waals surface area contributed by atoms with Crippen molar-refractivity contribution in [2.24, 2.45) is 0 Å². The lowest BCUT2D eigenvalue weighted by Gasteiger charge is -2.09. The Labute approximate surface area is 286 Å². The van der Waals surface area contributed by atoms with Crippen molar-refractivity contribution >= 4 is 20.0 Å². The van der Waals surface area contributed by atoms with E-state index in [1.54, 1.807) is 0 Å². The molecule has 0 aliphatic heterocycles. The van der Waals surface area contributed by atoms with Crippen LogP contribution >= 0.6 is 0 Å². The van der Waals surface area contributed by atoms with Gasteiger partial charge in [0.2, 0.25) is 20.0 Å². The van der Waals surface area contributed by atoms with Crippen LogP contribution in [0.15, 0.2) is 0 Å². The summed E-state index contributed by atoms with van der Waals surface area (Å²) in [5.74, 6) is 0.507. The number of rotatable bonds is 39. The van der Waals surface area contributed by atoms with Crippen molar-refractivity contribution in [3.8, 4) is 0 Å². The quantitative estimate of drug-likeness (QED) is 0.0493. The summed E-state index contributed by atoms with van der Waals surface area (Å²) in [6, 6.07) is 0. The molecule has 278 valence electrons. The first-order valence-corrected chi connectivity index (χ1v) is 22.4. The molecule has 0 bridgehead atoms. The van der Waals surface area contributed by atoms with Crippen LogP contribution in [0.2, 0.25) is 0 Å². The first-order chi connectivity index (χ1) is 22.3. The van der Waals surface area contributed by atoms with E-state index in [-0.39, 0.29) is 11.5 Å². The van der Waals surface area contributed by atoms with Gasteiger partial charge < -0.3 is 21.3 Å². The van der Waals surface area contributed by atoms with E-state index in [1.807, 2.05) is 0 Å². The molecule has 0 aromatic heterocycles. The highest BCUT2D eigenvalue weighted by Gasteiger charge is 2.09. The molecule has 0 atom stereocenters. The lowest BCUT2D eigenvalue weighted by atomic mass is 10.1. The van der Waals surface area contributed by atoms with E-state index < -0.39 is 20.0 Å². The maximum Gasteiger partial charge on any atom is 0.211 e. The molecule has 10 nitrogen and oxygen atoms in total. The second-order valence-electron chi connectivity index (χ2n) is 12.8. The number of hydrogen-bond acceptors (Lipinski definition) is 8. The van der Waals surface area contributed by atoms with Crippen molar-refractivity contribution in [3.63, 3.8) is 0 Å². The molecule has 0 unspecified atom stereocenters. The zero-order valence-corrected chi connectivity index (χ0v) is 31.7. The number of hydrogen-bond donors (Lipinski definition) is 6. The predicted octanol–water partition coefficient (Wildman–Crippen LogP) is 5.03. The molecule has 0 saturated carbocycles. The zero-order valence-electron chi connectivity index (χ0n) is 30.1. The molecule has 0 saturated heterocycles. The van der Waals surface area contributed by atoms with Gasteiger partial charge in [0.05, 0.1) is 11.5 Å². The Morgan fingerprint density at radius 2 is 0.565 bits per heavy atom. The Bertz CT molecular complexity index is 763. The van der Waals surface area contributed by atoms with Crippen LogP contribution in [0, 0.1) is 0 Å². The summed E-state index contributed by atoms with van der Waals surface area (Å²) in [6.45, 7) is 13.1. The van der Waals surface area contributed by atoms with Crippen LogP contribution in [0.4, 0.5) is 0 Å². The van der Waals surface area contributed by atoms with Crippen molar-refractivity contribution < 1.29 is 16.8 Å². The van der Waals surface area contributed by atoms with Crippen molar-refractivity contribution in [3.05, 3.63) is 0 Å². The molecular formula is C34H76N6O4S2. The summed E-state index contributed by atoms with van der Waals surface area (Å²) in [4.78, 5) is 0. The van der Waals surface area contributed by atoms with E-state index in [2.05, 4.69) is 44.6 Å². The van der Waals surface area contributed by atoms with Crippen LogP contribution in [-0.4, -0.2) is 93.8 Å². The van der Waals surface area contributed by atoms with Gasteiger partial charge in [-0.25, -0.2) is 26.3 Å². The van der Waals surface area contributed by atoms with E-state index in [1.165, 1.54) is 51.4 Å². The van der Waals surface area contributed by atoms with E-state index in [0.29, 0.717) is 13.1 Å². The first-order valence-electron chi connectivity index (χ1n) is 19.1. The van der Waals surface area contributed by atoms with Crippen LogP contribution < -0.4 is 30.7 Å². The van der Waals surface area contributed by atoms with Gasteiger partial charge in [-0.3, -0.25) is 0 Å². The number of unbranched alkanes of at least 4 members (excludes halogenated alkanes) is 13. The van der Waals surface area contributed by atoms with Crippen molar-refractivity contribution in [2.75, 3.05) is 77.0 Å². The van der Waals surface area contributed by atoms with Gasteiger partial charge >= 0.3 is 0 Å². The van der Waals surface area contributed by atoms with Gasteiger partial charge in [-0.2, -0.15) is 0 Å². The molecule has 0 heterocycles. The van der Waals surface area contributed by atoms with Gasteiger partial charge in [0, 0.05) is 13.1 Å². The lowest BCUT2D eigenvalue weighted by molar-refractivity contribution is 0.540. The Morgan fingerprint density at radius 3 is 0.891 bits per heavy atom. The first kappa shape index (κ1) is 45.7. The van der Waals surface area contributed by atoms with Gasteiger partial charge in [0.25, 0.3) is 0 Å². The minimum atomic E-state index is -3.13. The SMILES string of the molecule is CCCCCCCCCS(=O)(=O)NCCCNCCCNCCCCNCCCNCCCNS(=O)(=O)CCCCCCCCC. The largest absolute Gasteiger partial charge is 0.317 e. The van der Waals surface area contributed by atoms with E-state index in [0.717, 1.165) is 129 Å². The second-order valence-corrected chi connectivity index (χ2v) is 16.6. The number of sulfonamides is 2. The fourth-order valence-corrected chi connectivity index (χ4v) is 7.57. The molecule has 46 heavy (non-hydrogen) atoms. The monoisotopic (exact) mass is 697 g/mol. The molecule has 6 N–H and O–H groups in total. The Morgan fingerprint density at radius 1 is 0.304 bits per heavy atom. The van der Waals surface area contributed by atoms with Gasteiger partial charge in [0.15, 0.2) is 0 Å². The highest BCUT2D eigenvalue weighted by Crippen LogP contribution is 2.08. The van der Waals surface area contributed by atoms with Crippen molar-refractivity contribution in [2.45, 2.75) is 142 Å². The predicted molar refractivity (Wildman–Crippen MR) is 199 cm³/mol. The summed E-state index contributed by atoms with van der Waals surface area (Å²) in [5.41, 5.74) is 0. The average molecular weight is 697 g/mol. The molecule has 12 heteroatoms. The van der Waals surface area contributed by atoms with Gasteiger partial charge in [-0.15, -0.1) is 0 Å². The second kappa shape index (κ2) is 34.5. The Balaban J connectivity index is 3.31. The third-order valence-corrected chi connectivity index (χ3v) is 11.0. The minimum absolute atomic E-state index is 0.254. The van der Waals surface area contributed by atoms with Crippen LogP contribution in [0.5, 0.6) is 0 Å². The fraction of sp³-hybridized carbons (Fsp3) is 1.00. The molecule has 0 spiro atoms. The normalized spacial score (nSPS) is 12.3. The van der Waals surface area contributed by atoms with E-state index >= 15 is 0 Å². The molecule has 0 amide bonds. The molecule has 0 aliphatic carbocycles. The zero-order chi connectivity index (χ0) is 33.9. The van der Waals surface area contributed by atoms with E-state index in [4.69, 9.17) is 0 Å². The summed E-state index contributed by atoms with van der Waals surface area (Å²) in [5, 5.41) is 13.8. The smallest absolute Gasteiger partial charge is 0.211 e. The average Bonchev–Trinajstić information content (AvgIpc) is 3.02. The minimum Gasteiger partial charge on any atom is -0.317 e. The van der Waals surface area contributed by atoms with Crippen LogP contribution in [0.1, 0.15) is 142 Å². The van der Waals surface area contributed by atoms with Crippen molar-refractivity contribution in [1.29, 1.82) is 0 Å². The lowest BCUT2D eigenvalue weighted by Crippen LogP contribution is -2.30. The molecule has 0 aromatic carbocycles. The van der Waals surface area contributed by atoms with Crippen LogP contribution in [0.3, 0.4) is 0 Å². The van der Waals surface area contributed by atoms with Crippen LogP contribution in [0.25, 0.3) is 0 Å². The molecule has 0 aromatic rings. The third kappa shape index (κ3) is 36.5. The summed E-state index contributed by atoms with van der Waals surface area (Å²) in [7, 11) is -6.25. The highest BCUT2D eigenvalue weighted by atomic mass is 32.2. The maximum absolute atomic E-state index is 12.1. The van der Waals surface area contributed by atoms with Crippen molar-refractivity contribution in [1.82, 2.24) is 30.7 Å². The van der Waals surface area contributed by atoms with Crippen LogP contribution in [-0.2, 0) is 20.0 Å². The molecule has 0 rings (SSSR count). The van der Waals surface area contributed by atoms with Gasteiger partial charge in [-0.05, 0) is 104 Å². The number of nitrogens with one attached hydrogen (secondary N) is 6. The van der Waals surface area contributed by atoms with Gasteiger partial charge in [-0.1, -0.05) is 90.9 Å². The standard InChI is InChI=1S/C34H76N6O4S2/c1-3-5-7-9-11-13-17-33-45(41,42)39-31-21-29-37-27-19-25-35-23-15-16-24-36-26-20-28-38-30-22-32-40-46(43,44)34-18-14-12-10-8-6-4-2/h35-40H,3-34H2,1-2H3. The summed E-state index contributed by atoms with van der Waals surface area (Å²) < 4.78 is 53.8. The summed E-state index contributed by atoms with van der Waals surface area (Å²) >= 11 is 0. The molecular weight excluding hydrogens is 621 g/mol. The molecule has 0 aliphatic rings. The molecule has 0 fully saturated rings. The fourth-order valence-electron chi connectivity index (χ4n) is 5.20.